The summed E-state index contributed by atoms with van der Waals surface area (Å²) in [6, 6.07) is 7.39. The molecular weight excluding hydrogens is 255 g/mol. The Morgan fingerprint density at radius 2 is 2.25 bits per heavy atom. The van der Waals surface area contributed by atoms with Crippen LogP contribution in [0.2, 0.25) is 0 Å². The van der Waals surface area contributed by atoms with Crippen LogP contribution in [0.3, 0.4) is 0 Å². The molecule has 0 radical (unpaired) electrons. The summed E-state index contributed by atoms with van der Waals surface area (Å²) in [7, 11) is 0. The topological polar surface area (TPSA) is 38.1 Å². The van der Waals surface area contributed by atoms with Gasteiger partial charge in [0, 0.05) is 12.5 Å². The number of aryl methyl sites for hydroxylation is 1. The first kappa shape index (κ1) is 13.3. The molecule has 1 aromatic carbocycles. The first-order chi connectivity index (χ1) is 9.74. The highest BCUT2D eigenvalue weighted by atomic mass is 19.1. The predicted molar refractivity (Wildman–Crippen MR) is 74.9 cm³/mol. The van der Waals surface area contributed by atoms with Gasteiger partial charge in [0.15, 0.2) is 0 Å². The van der Waals surface area contributed by atoms with Crippen molar-refractivity contribution in [2.24, 2.45) is 0 Å². The van der Waals surface area contributed by atoms with E-state index in [1.807, 2.05) is 13.0 Å². The normalized spacial score (nSPS) is 21.7. The van der Waals surface area contributed by atoms with Crippen LogP contribution < -0.4 is 5.32 Å². The van der Waals surface area contributed by atoms with Gasteiger partial charge >= 0.3 is 0 Å². The summed E-state index contributed by atoms with van der Waals surface area (Å²) in [5, 5.41) is 3.44. The molecule has 0 unspecified atom stereocenters. The third-order valence-electron chi connectivity index (χ3n) is 3.95. The number of nitrogens with one attached hydrogen (secondary N) is 1. The highest BCUT2D eigenvalue weighted by Crippen LogP contribution is 2.37. The second-order valence-corrected chi connectivity index (χ2v) is 5.38. The maximum atomic E-state index is 13.2. The van der Waals surface area contributed by atoms with Crippen molar-refractivity contribution in [2.45, 2.75) is 44.7 Å². The highest BCUT2D eigenvalue weighted by molar-refractivity contribution is 5.23. The number of aromatic nitrogens is 1. The highest BCUT2D eigenvalue weighted by Gasteiger charge is 2.30. The molecule has 20 heavy (non-hydrogen) atoms. The van der Waals surface area contributed by atoms with Crippen molar-refractivity contribution in [3.8, 4) is 0 Å². The minimum atomic E-state index is -0.147. The quantitative estimate of drug-likeness (QED) is 0.908. The molecule has 0 saturated heterocycles. The molecule has 1 aliphatic rings. The fraction of sp³-hybridized carbons (Fsp3) is 0.438. The Balaban J connectivity index is 1.46. The number of halogens is 1. The van der Waals surface area contributed by atoms with E-state index in [2.05, 4.69) is 10.3 Å². The molecule has 0 amide bonds. The van der Waals surface area contributed by atoms with E-state index < -0.39 is 0 Å². The first-order valence-corrected chi connectivity index (χ1v) is 7.17. The van der Waals surface area contributed by atoms with Gasteiger partial charge in [-0.1, -0.05) is 19.1 Å². The zero-order valence-electron chi connectivity index (χ0n) is 11.6. The van der Waals surface area contributed by atoms with Gasteiger partial charge in [0.2, 0.25) is 5.89 Å². The maximum Gasteiger partial charge on any atom is 0.208 e. The Bertz CT molecular complexity index is 575. The van der Waals surface area contributed by atoms with E-state index in [1.54, 1.807) is 18.3 Å². The van der Waals surface area contributed by atoms with Crippen molar-refractivity contribution >= 4 is 0 Å². The number of benzene rings is 1. The third-order valence-corrected chi connectivity index (χ3v) is 3.95. The lowest BCUT2D eigenvalue weighted by atomic mass is 9.76. The second-order valence-electron chi connectivity index (χ2n) is 5.38. The van der Waals surface area contributed by atoms with Crippen molar-refractivity contribution in [1.82, 2.24) is 10.3 Å². The number of rotatable bonds is 5. The smallest absolute Gasteiger partial charge is 0.208 e. The number of oxazole rings is 1. The second kappa shape index (κ2) is 5.75. The minimum absolute atomic E-state index is 0.147. The fourth-order valence-corrected chi connectivity index (χ4v) is 2.64. The maximum absolute atomic E-state index is 13.2. The molecule has 1 aliphatic carbocycles. The van der Waals surface area contributed by atoms with Gasteiger partial charge in [-0.2, -0.15) is 0 Å². The van der Waals surface area contributed by atoms with Crippen molar-refractivity contribution in [2.75, 3.05) is 0 Å². The molecule has 106 valence electrons. The van der Waals surface area contributed by atoms with Gasteiger partial charge in [0.25, 0.3) is 0 Å². The fourth-order valence-electron chi connectivity index (χ4n) is 2.64. The monoisotopic (exact) mass is 274 g/mol. The molecule has 1 aromatic heterocycles. The summed E-state index contributed by atoms with van der Waals surface area (Å²) in [6.45, 7) is 2.72. The van der Waals surface area contributed by atoms with Crippen LogP contribution in [0.1, 0.15) is 42.9 Å². The van der Waals surface area contributed by atoms with Gasteiger partial charge in [0.05, 0.1) is 12.7 Å². The van der Waals surface area contributed by atoms with Crippen LogP contribution in [0.4, 0.5) is 4.39 Å². The summed E-state index contributed by atoms with van der Waals surface area (Å²) in [4.78, 5) is 4.23. The van der Waals surface area contributed by atoms with Crippen LogP contribution in [0.5, 0.6) is 0 Å². The average Bonchev–Trinajstić information content (AvgIpc) is 2.85. The minimum Gasteiger partial charge on any atom is -0.444 e. The summed E-state index contributed by atoms with van der Waals surface area (Å²) < 4.78 is 18.7. The van der Waals surface area contributed by atoms with E-state index in [9.17, 15) is 4.39 Å². The van der Waals surface area contributed by atoms with E-state index in [0.717, 1.165) is 36.5 Å². The molecule has 3 rings (SSSR count). The summed E-state index contributed by atoms with van der Waals surface area (Å²) in [6.07, 6.45) is 4.75. The first-order valence-electron chi connectivity index (χ1n) is 7.17. The molecule has 1 fully saturated rings. The molecule has 3 nitrogen and oxygen atoms in total. The van der Waals surface area contributed by atoms with Gasteiger partial charge in [-0.3, -0.25) is 0 Å². The molecule has 2 aromatic rings. The summed E-state index contributed by atoms with van der Waals surface area (Å²) >= 11 is 0. The Morgan fingerprint density at radius 3 is 2.95 bits per heavy atom. The largest absolute Gasteiger partial charge is 0.444 e. The lowest BCUT2D eigenvalue weighted by Crippen LogP contribution is -2.39. The lowest BCUT2D eigenvalue weighted by Gasteiger charge is -2.36. The van der Waals surface area contributed by atoms with E-state index in [1.165, 1.54) is 6.07 Å². The predicted octanol–water partition coefficient (Wildman–Crippen LogP) is 3.41. The van der Waals surface area contributed by atoms with Gasteiger partial charge in [0.1, 0.15) is 11.6 Å². The van der Waals surface area contributed by atoms with Crippen LogP contribution in [0, 0.1) is 5.82 Å². The Morgan fingerprint density at radius 1 is 1.40 bits per heavy atom. The molecule has 0 bridgehead atoms. The van der Waals surface area contributed by atoms with Crippen molar-refractivity contribution in [3.63, 3.8) is 0 Å². The number of nitrogens with zero attached hydrogens (tertiary/aromatic N) is 1. The zero-order chi connectivity index (χ0) is 13.9. The van der Waals surface area contributed by atoms with E-state index in [-0.39, 0.29) is 5.82 Å². The van der Waals surface area contributed by atoms with Crippen molar-refractivity contribution in [3.05, 3.63) is 53.5 Å². The van der Waals surface area contributed by atoms with Gasteiger partial charge in [-0.15, -0.1) is 0 Å². The molecule has 1 saturated carbocycles. The molecule has 0 atom stereocenters. The van der Waals surface area contributed by atoms with Gasteiger partial charge in [-0.05, 0) is 36.5 Å². The number of hydrogen-bond donors (Lipinski definition) is 1. The summed E-state index contributed by atoms with van der Waals surface area (Å²) in [5.74, 6) is 1.99. The molecule has 4 heteroatoms. The van der Waals surface area contributed by atoms with Crippen LogP contribution in [0.25, 0.3) is 0 Å². The standard InChI is InChI=1S/C16H19FN2O/c1-2-15-9-19-16(20-15)10-18-14-7-12(8-14)11-4-3-5-13(17)6-11/h3-6,9,12,14,18H,2,7-8,10H2,1H3. The molecular formula is C16H19FN2O. The molecule has 0 aliphatic heterocycles. The van der Waals surface area contributed by atoms with Crippen LogP contribution in [0.15, 0.2) is 34.9 Å². The molecule has 1 heterocycles. The Kier molecular flexibility index (Phi) is 3.83. The van der Waals surface area contributed by atoms with Crippen molar-refractivity contribution < 1.29 is 8.81 Å². The summed E-state index contributed by atoms with van der Waals surface area (Å²) in [5.41, 5.74) is 1.10. The Labute approximate surface area is 118 Å². The van der Waals surface area contributed by atoms with E-state index in [4.69, 9.17) is 4.42 Å². The van der Waals surface area contributed by atoms with Crippen LogP contribution in [-0.2, 0) is 13.0 Å². The van der Waals surface area contributed by atoms with Gasteiger partial charge < -0.3 is 9.73 Å². The Hall–Kier alpha value is -1.68. The van der Waals surface area contributed by atoms with Crippen LogP contribution in [-0.4, -0.2) is 11.0 Å². The van der Waals surface area contributed by atoms with E-state index in [0.29, 0.717) is 18.5 Å². The third kappa shape index (κ3) is 2.90. The average molecular weight is 274 g/mol. The zero-order valence-corrected chi connectivity index (χ0v) is 11.6. The number of hydrogen-bond acceptors (Lipinski definition) is 3. The van der Waals surface area contributed by atoms with E-state index >= 15 is 0 Å². The van der Waals surface area contributed by atoms with Gasteiger partial charge in [-0.25, -0.2) is 9.37 Å². The van der Waals surface area contributed by atoms with Crippen molar-refractivity contribution in [1.29, 1.82) is 0 Å². The molecule has 0 spiro atoms. The lowest BCUT2D eigenvalue weighted by molar-refractivity contribution is 0.278. The molecule has 1 N–H and O–H groups in total. The SMILES string of the molecule is CCc1cnc(CNC2CC(c3cccc(F)c3)C2)o1. The van der Waals surface area contributed by atoms with Crippen LogP contribution >= 0.6 is 0 Å².